The van der Waals surface area contributed by atoms with Crippen LogP contribution in [0.15, 0.2) is 235 Å². The molecule has 12 aromatic rings. The van der Waals surface area contributed by atoms with E-state index >= 15 is 0 Å². The second kappa shape index (κ2) is 15.3. The molecule has 63 heavy (non-hydrogen) atoms. The molecule has 0 radical (unpaired) electrons. The van der Waals surface area contributed by atoms with Crippen molar-refractivity contribution in [1.29, 1.82) is 0 Å². The smallest absolute Gasteiger partial charge is 0.160 e. The van der Waals surface area contributed by atoms with Crippen molar-refractivity contribution in [1.82, 2.24) is 9.97 Å². The number of aromatic nitrogens is 2. The maximum absolute atomic E-state index is 6.74. The van der Waals surface area contributed by atoms with Crippen molar-refractivity contribution in [2.24, 2.45) is 0 Å². The lowest BCUT2D eigenvalue weighted by atomic mass is 9.92. The molecule has 0 spiro atoms. The zero-order valence-corrected chi connectivity index (χ0v) is 34.2. The Kier molecular flexibility index (Phi) is 8.83. The lowest BCUT2D eigenvalue weighted by molar-refractivity contribution is 0.673. The van der Waals surface area contributed by atoms with Gasteiger partial charge >= 0.3 is 0 Å². The second-order valence-electron chi connectivity index (χ2n) is 16.1. The van der Waals surface area contributed by atoms with Gasteiger partial charge in [-0.2, -0.15) is 0 Å². The fourth-order valence-electron chi connectivity index (χ4n) is 9.08. The first-order valence-electron chi connectivity index (χ1n) is 21.4. The van der Waals surface area contributed by atoms with Crippen molar-refractivity contribution in [2.45, 2.75) is 0 Å². The van der Waals surface area contributed by atoms with Crippen LogP contribution in [0.2, 0.25) is 0 Å². The summed E-state index contributed by atoms with van der Waals surface area (Å²) in [5.41, 5.74) is 15.8. The van der Waals surface area contributed by atoms with Gasteiger partial charge in [0, 0.05) is 32.8 Å². The van der Waals surface area contributed by atoms with Crippen molar-refractivity contribution >= 4 is 43.5 Å². The third kappa shape index (κ3) is 6.64. The van der Waals surface area contributed by atoms with E-state index in [1.807, 2.05) is 12.1 Å². The molecule has 0 saturated carbocycles. The van der Waals surface area contributed by atoms with Gasteiger partial charge in [0.2, 0.25) is 0 Å². The highest BCUT2D eigenvalue weighted by atomic mass is 16.3. The van der Waals surface area contributed by atoms with Gasteiger partial charge in [-0.05, 0) is 84.9 Å². The second-order valence-corrected chi connectivity index (χ2v) is 16.1. The maximum Gasteiger partial charge on any atom is 0.160 e. The van der Waals surface area contributed by atoms with E-state index in [0.717, 1.165) is 72.1 Å². The summed E-state index contributed by atoms with van der Waals surface area (Å²) in [4.78, 5) is 10.4. The molecule has 2 heterocycles. The van der Waals surface area contributed by atoms with Crippen LogP contribution in [0.3, 0.4) is 0 Å². The van der Waals surface area contributed by atoms with Crippen molar-refractivity contribution in [3.8, 4) is 78.4 Å². The van der Waals surface area contributed by atoms with Crippen LogP contribution in [-0.2, 0) is 0 Å². The minimum absolute atomic E-state index is 0.683. The molecule has 2 aromatic heterocycles. The van der Waals surface area contributed by atoms with E-state index in [1.165, 1.54) is 44.0 Å². The molecule has 0 amide bonds. The monoisotopic (exact) mass is 802 g/mol. The molecule has 0 bridgehead atoms. The summed E-state index contributed by atoms with van der Waals surface area (Å²) in [5.74, 6) is 0.683. The van der Waals surface area contributed by atoms with E-state index in [2.05, 4.69) is 218 Å². The third-order valence-corrected chi connectivity index (χ3v) is 12.3. The summed E-state index contributed by atoms with van der Waals surface area (Å²) >= 11 is 0. The molecule has 0 aliphatic heterocycles. The zero-order valence-electron chi connectivity index (χ0n) is 34.2. The Bertz CT molecular complexity index is 3530. The normalized spacial score (nSPS) is 11.5. The van der Waals surface area contributed by atoms with Crippen LogP contribution in [0, 0.1) is 0 Å². The summed E-state index contributed by atoms with van der Waals surface area (Å²) in [6.07, 6.45) is 0. The summed E-state index contributed by atoms with van der Waals surface area (Å²) in [7, 11) is 0. The predicted molar refractivity (Wildman–Crippen MR) is 262 cm³/mol. The highest BCUT2D eigenvalue weighted by molar-refractivity contribution is 6.22. The lowest BCUT2D eigenvalue weighted by Gasteiger charge is -2.12. The molecule has 294 valence electrons. The van der Waals surface area contributed by atoms with Crippen LogP contribution in [0.25, 0.3) is 122 Å². The quantitative estimate of drug-likeness (QED) is 0.161. The van der Waals surface area contributed by atoms with E-state index in [4.69, 9.17) is 14.4 Å². The Morgan fingerprint density at radius 2 is 0.794 bits per heavy atom. The number of hydrogen-bond acceptors (Lipinski definition) is 3. The standard InChI is InChI=1S/C60H38N2O/c1-3-12-39(13-4-1)42-22-29-45(30-23-42)55-38-56(62-60(61-55)47-33-24-43(25-34-47)40-14-5-2-6-15-40)46-31-27-44(28-32-46)50-20-11-21-57-58(50)54-37-53(51-18-9-10-19-52(51)59(54)63-57)49-35-26-41-16-7-8-17-48(41)36-49/h1-38H. The molecule has 3 nitrogen and oxygen atoms in total. The topological polar surface area (TPSA) is 38.9 Å². The largest absolute Gasteiger partial charge is 0.455 e. The molecule has 0 atom stereocenters. The molecular formula is C60H38N2O. The number of rotatable bonds is 7. The van der Waals surface area contributed by atoms with Crippen LogP contribution in [-0.4, -0.2) is 9.97 Å². The number of nitrogens with zero attached hydrogens (tertiary/aromatic N) is 2. The van der Waals surface area contributed by atoms with E-state index in [0.29, 0.717) is 5.82 Å². The Hall–Kier alpha value is -8.40. The molecule has 0 aliphatic carbocycles. The number of furan rings is 1. The van der Waals surface area contributed by atoms with E-state index in [9.17, 15) is 0 Å². The van der Waals surface area contributed by atoms with Crippen LogP contribution in [0.4, 0.5) is 0 Å². The molecule has 0 fully saturated rings. The highest BCUT2D eigenvalue weighted by Gasteiger charge is 2.19. The zero-order chi connectivity index (χ0) is 41.7. The van der Waals surface area contributed by atoms with Gasteiger partial charge in [-0.1, -0.05) is 206 Å². The number of benzene rings is 10. The van der Waals surface area contributed by atoms with Gasteiger partial charge in [-0.25, -0.2) is 9.97 Å². The lowest BCUT2D eigenvalue weighted by Crippen LogP contribution is -1.96. The molecule has 0 unspecified atom stereocenters. The fourth-order valence-corrected chi connectivity index (χ4v) is 9.08. The van der Waals surface area contributed by atoms with Gasteiger partial charge in [0.15, 0.2) is 5.82 Å². The molecule has 12 rings (SSSR count). The Morgan fingerprint density at radius 3 is 1.44 bits per heavy atom. The van der Waals surface area contributed by atoms with Gasteiger partial charge in [-0.15, -0.1) is 0 Å². The fraction of sp³-hybridized carbons (Fsp3) is 0. The average molecular weight is 803 g/mol. The Balaban J connectivity index is 0.960. The van der Waals surface area contributed by atoms with Gasteiger partial charge in [-0.3, -0.25) is 0 Å². The Labute approximate surface area is 365 Å². The van der Waals surface area contributed by atoms with Crippen molar-refractivity contribution in [2.75, 3.05) is 0 Å². The predicted octanol–water partition coefficient (Wildman–Crippen LogP) is 16.4. The van der Waals surface area contributed by atoms with E-state index in [1.54, 1.807) is 0 Å². The summed E-state index contributed by atoms with van der Waals surface area (Å²) < 4.78 is 6.74. The van der Waals surface area contributed by atoms with Crippen LogP contribution < -0.4 is 0 Å². The molecule has 0 N–H and O–H groups in total. The maximum atomic E-state index is 6.74. The molecule has 0 aliphatic rings. The van der Waals surface area contributed by atoms with Gasteiger partial charge < -0.3 is 4.42 Å². The summed E-state index contributed by atoms with van der Waals surface area (Å²) in [6, 6.07) is 81.6. The third-order valence-electron chi connectivity index (χ3n) is 12.3. The first-order chi connectivity index (χ1) is 31.2. The number of hydrogen-bond donors (Lipinski definition) is 0. The summed E-state index contributed by atoms with van der Waals surface area (Å²) in [6.45, 7) is 0. The minimum Gasteiger partial charge on any atom is -0.455 e. The van der Waals surface area contributed by atoms with Crippen LogP contribution in [0.5, 0.6) is 0 Å². The first-order valence-corrected chi connectivity index (χ1v) is 21.4. The molecule has 3 heteroatoms. The van der Waals surface area contributed by atoms with Gasteiger partial charge in [0.1, 0.15) is 11.2 Å². The SMILES string of the molecule is c1ccc(-c2ccc(-c3cc(-c4ccc(-c5cccc6oc7c8ccccc8c(-c8ccc9ccccc9c8)cc7c56)cc4)nc(-c4ccc(-c5ccccc5)cc4)n3)cc2)cc1. The van der Waals surface area contributed by atoms with Gasteiger partial charge in [0.05, 0.1) is 11.4 Å². The average Bonchev–Trinajstić information content (AvgIpc) is 3.76. The van der Waals surface area contributed by atoms with Crippen molar-refractivity contribution < 1.29 is 4.42 Å². The van der Waals surface area contributed by atoms with Crippen molar-refractivity contribution in [3.63, 3.8) is 0 Å². The van der Waals surface area contributed by atoms with Crippen LogP contribution in [0.1, 0.15) is 0 Å². The minimum atomic E-state index is 0.683. The number of fused-ring (bicyclic) bond motifs is 6. The highest BCUT2D eigenvalue weighted by Crippen LogP contribution is 2.44. The Morgan fingerprint density at radius 1 is 0.286 bits per heavy atom. The molecular weight excluding hydrogens is 765 g/mol. The van der Waals surface area contributed by atoms with E-state index < -0.39 is 0 Å². The molecule has 0 saturated heterocycles. The van der Waals surface area contributed by atoms with Crippen LogP contribution >= 0.6 is 0 Å². The molecule has 10 aromatic carbocycles. The van der Waals surface area contributed by atoms with Gasteiger partial charge in [0.25, 0.3) is 0 Å². The van der Waals surface area contributed by atoms with E-state index in [-0.39, 0.29) is 0 Å². The first kappa shape index (κ1) is 36.5. The summed E-state index contributed by atoms with van der Waals surface area (Å²) in [5, 5.41) is 6.95. The van der Waals surface area contributed by atoms with Crippen molar-refractivity contribution in [3.05, 3.63) is 231 Å².